The van der Waals surface area contributed by atoms with Gasteiger partial charge in [0.05, 0.1) is 23.9 Å². The molecule has 1 aromatic carbocycles. The summed E-state index contributed by atoms with van der Waals surface area (Å²) in [4.78, 5) is 20.1. The molecule has 0 spiro atoms. The summed E-state index contributed by atoms with van der Waals surface area (Å²) in [5, 5.41) is 3.28. The number of hydrogen-bond donors (Lipinski definition) is 1. The zero-order chi connectivity index (χ0) is 18.0. The number of benzene rings is 1. The Kier molecular flexibility index (Phi) is 5.74. The molecule has 1 aliphatic rings. The highest BCUT2D eigenvalue weighted by atomic mass is 35.5. The van der Waals surface area contributed by atoms with Crippen LogP contribution >= 0.6 is 22.9 Å². The Balaban J connectivity index is 1.88. The number of morpholine rings is 1. The Morgan fingerprint density at radius 1 is 1.36 bits per heavy atom. The molecule has 0 atom stereocenters. The molecular formula is C18H23ClN3O2S+. The summed E-state index contributed by atoms with van der Waals surface area (Å²) >= 11 is 7.93. The highest BCUT2D eigenvalue weighted by molar-refractivity contribution is 7.14. The Labute approximate surface area is 157 Å². The number of nitrogens with zero attached hydrogens (tertiary/aromatic N) is 2. The van der Waals surface area contributed by atoms with Crippen molar-refractivity contribution in [1.29, 1.82) is 0 Å². The standard InChI is InChI=1S/C18H22ClN3O2S/c1-12-8-13(2)17(16(19)9-12)22(14(3)23)18-20-15(11-25-18)10-21-4-6-24-7-5-21/h8-9,11H,4-7,10H2,1-3H3/p+1. The number of aryl methyl sites for hydroxylation is 2. The SMILES string of the molecule is CC(=O)N(c1nc(C[NH+]2CCOCC2)cs1)c1c(C)cc(C)cc1Cl. The molecule has 134 valence electrons. The van der Waals surface area contributed by atoms with Crippen molar-refractivity contribution in [2.75, 3.05) is 31.2 Å². The van der Waals surface area contributed by atoms with Gasteiger partial charge in [-0.25, -0.2) is 4.98 Å². The van der Waals surface area contributed by atoms with Crippen LogP contribution in [-0.2, 0) is 16.1 Å². The fourth-order valence-electron chi connectivity index (χ4n) is 3.15. The van der Waals surface area contributed by atoms with Crippen molar-refractivity contribution in [1.82, 2.24) is 4.98 Å². The van der Waals surface area contributed by atoms with Gasteiger partial charge in [-0.2, -0.15) is 0 Å². The molecule has 0 bridgehead atoms. The molecule has 7 heteroatoms. The van der Waals surface area contributed by atoms with Crippen LogP contribution in [0.2, 0.25) is 5.02 Å². The molecule has 2 aromatic rings. The lowest BCUT2D eigenvalue weighted by Crippen LogP contribution is -3.12. The number of quaternary nitrogens is 1. The Morgan fingerprint density at radius 3 is 2.72 bits per heavy atom. The van der Waals surface area contributed by atoms with Crippen LogP contribution in [0.4, 0.5) is 10.8 Å². The number of rotatable bonds is 4. The van der Waals surface area contributed by atoms with E-state index in [-0.39, 0.29) is 5.91 Å². The van der Waals surface area contributed by atoms with Crippen LogP contribution in [0.5, 0.6) is 0 Å². The molecule has 1 aliphatic heterocycles. The zero-order valence-electron chi connectivity index (χ0n) is 14.8. The van der Waals surface area contributed by atoms with E-state index < -0.39 is 0 Å². The molecule has 1 N–H and O–H groups in total. The van der Waals surface area contributed by atoms with E-state index in [1.807, 2.05) is 31.4 Å². The summed E-state index contributed by atoms with van der Waals surface area (Å²) in [5.41, 5.74) is 3.77. The quantitative estimate of drug-likeness (QED) is 0.886. The number of halogens is 1. The average Bonchev–Trinajstić information content (AvgIpc) is 2.99. The van der Waals surface area contributed by atoms with E-state index in [0.29, 0.717) is 10.2 Å². The molecule has 0 saturated carbocycles. The number of thiazole rings is 1. The predicted molar refractivity (Wildman–Crippen MR) is 101 cm³/mol. The normalized spacial score (nSPS) is 15.4. The molecule has 0 radical (unpaired) electrons. The van der Waals surface area contributed by atoms with E-state index >= 15 is 0 Å². The molecule has 25 heavy (non-hydrogen) atoms. The molecule has 0 unspecified atom stereocenters. The summed E-state index contributed by atoms with van der Waals surface area (Å²) < 4.78 is 5.40. The summed E-state index contributed by atoms with van der Waals surface area (Å²) in [7, 11) is 0. The minimum absolute atomic E-state index is 0.0894. The number of carbonyl (C=O) groups excluding carboxylic acids is 1. The molecule has 1 amide bonds. The third-order valence-electron chi connectivity index (χ3n) is 4.30. The van der Waals surface area contributed by atoms with Gasteiger partial charge in [0.2, 0.25) is 5.91 Å². The monoisotopic (exact) mass is 380 g/mol. The molecule has 1 aromatic heterocycles. The van der Waals surface area contributed by atoms with E-state index in [4.69, 9.17) is 21.3 Å². The van der Waals surface area contributed by atoms with Gasteiger partial charge in [0.1, 0.15) is 25.3 Å². The smallest absolute Gasteiger partial charge is 0.230 e. The van der Waals surface area contributed by atoms with Crippen molar-refractivity contribution in [2.45, 2.75) is 27.3 Å². The average molecular weight is 381 g/mol. The van der Waals surface area contributed by atoms with Gasteiger partial charge in [0.25, 0.3) is 0 Å². The number of hydrogen-bond acceptors (Lipinski definition) is 4. The highest BCUT2D eigenvalue weighted by Crippen LogP contribution is 2.37. The van der Waals surface area contributed by atoms with Crippen molar-refractivity contribution >= 4 is 39.7 Å². The Bertz CT molecular complexity index is 748. The van der Waals surface area contributed by atoms with Crippen LogP contribution < -0.4 is 9.80 Å². The number of carbonyl (C=O) groups is 1. The van der Waals surface area contributed by atoms with Gasteiger partial charge in [-0.1, -0.05) is 17.7 Å². The largest absolute Gasteiger partial charge is 0.370 e. The lowest BCUT2D eigenvalue weighted by molar-refractivity contribution is -0.921. The van der Waals surface area contributed by atoms with Gasteiger partial charge in [-0.3, -0.25) is 9.69 Å². The fourth-order valence-corrected chi connectivity index (χ4v) is 4.43. The van der Waals surface area contributed by atoms with Crippen molar-refractivity contribution < 1.29 is 14.4 Å². The second kappa shape index (κ2) is 7.83. The van der Waals surface area contributed by atoms with Crippen LogP contribution in [-0.4, -0.2) is 37.2 Å². The first-order valence-electron chi connectivity index (χ1n) is 8.39. The van der Waals surface area contributed by atoms with E-state index in [2.05, 4.69) is 0 Å². The van der Waals surface area contributed by atoms with Gasteiger partial charge < -0.3 is 9.64 Å². The molecule has 0 aliphatic carbocycles. The van der Waals surface area contributed by atoms with Crippen LogP contribution in [0, 0.1) is 13.8 Å². The van der Waals surface area contributed by atoms with E-state index in [9.17, 15) is 4.79 Å². The van der Waals surface area contributed by atoms with E-state index in [0.717, 1.165) is 55.4 Å². The molecule has 5 nitrogen and oxygen atoms in total. The first kappa shape index (κ1) is 18.3. The number of anilines is 2. The summed E-state index contributed by atoms with van der Waals surface area (Å²) in [6, 6.07) is 3.91. The van der Waals surface area contributed by atoms with Crippen molar-refractivity contribution in [3.05, 3.63) is 39.4 Å². The van der Waals surface area contributed by atoms with Crippen molar-refractivity contribution in [2.24, 2.45) is 0 Å². The van der Waals surface area contributed by atoms with Crippen LogP contribution in [0.3, 0.4) is 0 Å². The maximum Gasteiger partial charge on any atom is 0.230 e. The highest BCUT2D eigenvalue weighted by Gasteiger charge is 2.24. The first-order chi connectivity index (χ1) is 12.0. The third kappa shape index (κ3) is 4.20. The molecule has 1 fully saturated rings. The summed E-state index contributed by atoms with van der Waals surface area (Å²) in [5.74, 6) is -0.0894. The van der Waals surface area contributed by atoms with Crippen LogP contribution in [0.1, 0.15) is 23.7 Å². The van der Waals surface area contributed by atoms with Gasteiger partial charge in [-0.15, -0.1) is 11.3 Å². The Hall–Kier alpha value is -1.47. The van der Waals surface area contributed by atoms with Crippen molar-refractivity contribution in [3.63, 3.8) is 0 Å². The van der Waals surface area contributed by atoms with Gasteiger partial charge in [0.15, 0.2) is 5.13 Å². The minimum Gasteiger partial charge on any atom is -0.370 e. The van der Waals surface area contributed by atoms with Gasteiger partial charge in [0, 0.05) is 12.3 Å². The molecule has 1 saturated heterocycles. The maximum atomic E-state index is 12.3. The number of amides is 1. The van der Waals surface area contributed by atoms with Crippen LogP contribution in [0.15, 0.2) is 17.5 Å². The topological polar surface area (TPSA) is 46.9 Å². The van der Waals surface area contributed by atoms with E-state index in [1.54, 1.807) is 11.8 Å². The molecule has 2 heterocycles. The predicted octanol–water partition coefficient (Wildman–Crippen LogP) is 2.51. The minimum atomic E-state index is -0.0894. The lowest BCUT2D eigenvalue weighted by atomic mass is 10.1. The number of ether oxygens (including phenoxy) is 1. The summed E-state index contributed by atoms with van der Waals surface area (Å²) in [6.07, 6.45) is 0. The molecular weight excluding hydrogens is 358 g/mol. The summed E-state index contributed by atoms with van der Waals surface area (Å²) in [6.45, 7) is 9.94. The first-order valence-corrected chi connectivity index (χ1v) is 9.64. The second-order valence-electron chi connectivity index (χ2n) is 6.43. The van der Waals surface area contributed by atoms with E-state index in [1.165, 1.54) is 16.2 Å². The maximum absolute atomic E-state index is 12.3. The van der Waals surface area contributed by atoms with Crippen molar-refractivity contribution in [3.8, 4) is 0 Å². The van der Waals surface area contributed by atoms with Gasteiger partial charge >= 0.3 is 0 Å². The zero-order valence-corrected chi connectivity index (χ0v) is 16.3. The van der Waals surface area contributed by atoms with Crippen LogP contribution in [0.25, 0.3) is 0 Å². The molecule has 3 rings (SSSR count). The third-order valence-corrected chi connectivity index (χ3v) is 5.46. The fraction of sp³-hybridized carbons (Fsp3) is 0.444. The Morgan fingerprint density at radius 2 is 2.08 bits per heavy atom. The lowest BCUT2D eigenvalue weighted by Gasteiger charge is -2.23. The number of nitrogens with one attached hydrogen (secondary N) is 1. The van der Waals surface area contributed by atoms with Gasteiger partial charge in [-0.05, 0) is 31.0 Å². The number of aromatic nitrogens is 1. The second-order valence-corrected chi connectivity index (χ2v) is 7.67.